The fraction of sp³-hybridized carbons (Fsp3) is 0.0952. The third kappa shape index (κ3) is 4.30. The van der Waals surface area contributed by atoms with Gasteiger partial charge in [0.2, 0.25) is 5.91 Å². The summed E-state index contributed by atoms with van der Waals surface area (Å²) in [5.41, 5.74) is 3.62. The van der Waals surface area contributed by atoms with Gasteiger partial charge in [0.25, 0.3) is 0 Å². The lowest BCUT2D eigenvalue weighted by atomic mass is 10.1. The maximum absolute atomic E-state index is 12.3. The number of hydrogen-bond donors (Lipinski definition) is 1. The normalized spacial score (nSPS) is 10.8. The second-order valence-corrected chi connectivity index (χ2v) is 7.43. The molecule has 0 fully saturated rings. The molecule has 5 nitrogen and oxygen atoms in total. The van der Waals surface area contributed by atoms with Gasteiger partial charge in [-0.1, -0.05) is 59.2 Å². The number of aryl methyl sites for hydroxylation is 1. The average Bonchev–Trinajstić information content (AvgIpc) is 3.37. The molecular weight excluding hydrogens is 394 g/mol. The summed E-state index contributed by atoms with van der Waals surface area (Å²) in [4.78, 5) is 16.8. The predicted molar refractivity (Wildman–Crippen MR) is 111 cm³/mol. The third-order valence-electron chi connectivity index (χ3n) is 4.19. The molecule has 2 heterocycles. The molecule has 0 saturated heterocycles. The Kier molecular flexibility index (Phi) is 5.50. The molecule has 0 aliphatic carbocycles. The molecule has 4 aromatic rings. The molecule has 2 aromatic heterocycles. The van der Waals surface area contributed by atoms with E-state index in [4.69, 9.17) is 16.1 Å². The number of rotatable bonds is 6. The maximum atomic E-state index is 12.3. The topological polar surface area (TPSA) is 68.0 Å². The van der Waals surface area contributed by atoms with Crippen molar-refractivity contribution in [1.29, 1.82) is 0 Å². The summed E-state index contributed by atoms with van der Waals surface area (Å²) in [6.07, 6.45) is 2.52. The predicted octanol–water partition coefficient (Wildman–Crippen LogP) is 5.69. The maximum Gasteiger partial charge on any atom is 0.226 e. The van der Waals surface area contributed by atoms with Crippen molar-refractivity contribution in [2.45, 2.75) is 12.8 Å². The van der Waals surface area contributed by atoms with E-state index in [-0.39, 0.29) is 5.91 Å². The number of amides is 1. The van der Waals surface area contributed by atoms with Crippen LogP contribution in [0.25, 0.3) is 22.6 Å². The number of nitrogens with one attached hydrogen (secondary N) is 1. The summed E-state index contributed by atoms with van der Waals surface area (Å²) in [6, 6.07) is 17.2. The van der Waals surface area contributed by atoms with Crippen molar-refractivity contribution in [2.24, 2.45) is 0 Å². The minimum Gasteiger partial charge on any atom is -0.356 e. The van der Waals surface area contributed by atoms with Crippen molar-refractivity contribution < 1.29 is 9.32 Å². The first-order valence-corrected chi connectivity index (χ1v) is 9.95. The smallest absolute Gasteiger partial charge is 0.226 e. The van der Waals surface area contributed by atoms with Crippen LogP contribution in [-0.2, 0) is 11.2 Å². The van der Waals surface area contributed by atoms with Gasteiger partial charge in [-0.3, -0.25) is 4.79 Å². The second-order valence-electron chi connectivity index (χ2n) is 6.14. The molecule has 1 amide bonds. The molecule has 28 heavy (non-hydrogen) atoms. The minimum absolute atomic E-state index is 0.0998. The van der Waals surface area contributed by atoms with Gasteiger partial charge >= 0.3 is 0 Å². The molecule has 0 atom stereocenters. The fourth-order valence-corrected chi connectivity index (χ4v) is 3.64. The van der Waals surface area contributed by atoms with Crippen molar-refractivity contribution in [1.82, 2.24) is 10.1 Å². The number of benzene rings is 2. The van der Waals surface area contributed by atoms with E-state index in [1.54, 1.807) is 6.20 Å². The van der Waals surface area contributed by atoms with E-state index in [0.29, 0.717) is 28.8 Å². The number of halogens is 1. The van der Waals surface area contributed by atoms with Crippen LogP contribution in [0.4, 0.5) is 5.13 Å². The molecule has 4 rings (SSSR count). The number of hydrogen-bond acceptors (Lipinski definition) is 5. The van der Waals surface area contributed by atoms with E-state index in [1.807, 2.05) is 60.0 Å². The fourth-order valence-electron chi connectivity index (χ4n) is 2.78. The number of nitrogens with zero attached hydrogens (tertiary/aromatic N) is 2. The summed E-state index contributed by atoms with van der Waals surface area (Å²) in [5, 5.41) is 9.89. The van der Waals surface area contributed by atoms with Crippen LogP contribution >= 0.6 is 22.9 Å². The van der Waals surface area contributed by atoms with Crippen molar-refractivity contribution in [3.8, 4) is 22.6 Å². The molecule has 140 valence electrons. The molecular formula is C21H16ClN3O2S. The number of aromatic nitrogens is 2. The second kappa shape index (κ2) is 8.37. The monoisotopic (exact) mass is 409 g/mol. The van der Waals surface area contributed by atoms with Crippen LogP contribution in [0, 0.1) is 0 Å². The van der Waals surface area contributed by atoms with Crippen molar-refractivity contribution >= 4 is 34.0 Å². The van der Waals surface area contributed by atoms with Crippen molar-refractivity contribution in [3.05, 3.63) is 76.8 Å². The number of carbonyl (C=O) groups excluding carboxylic acids is 1. The van der Waals surface area contributed by atoms with E-state index in [2.05, 4.69) is 15.5 Å². The number of anilines is 1. The molecule has 1 N–H and O–H groups in total. The molecule has 0 aliphatic rings. The minimum atomic E-state index is -0.0998. The standard InChI is InChI=1S/C21H16ClN3O2S/c22-17-9-6-14(7-10-17)18-13-28-21(24-18)25-19(26)11-8-16-12-23-27-20(16)15-4-2-1-3-5-15/h1-7,9-10,12-13H,8,11H2,(H,24,25,26). The largest absolute Gasteiger partial charge is 0.356 e. The summed E-state index contributed by atoms with van der Waals surface area (Å²) >= 11 is 7.31. The lowest BCUT2D eigenvalue weighted by molar-refractivity contribution is -0.116. The lowest BCUT2D eigenvalue weighted by Gasteiger charge is -2.02. The summed E-state index contributed by atoms with van der Waals surface area (Å²) < 4.78 is 5.36. The Labute approximate surface area is 171 Å². The van der Waals surface area contributed by atoms with Gasteiger partial charge < -0.3 is 9.84 Å². The highest BCUT2D eigenvalue weighted by molar-refractivity contribution is 7.14. The highest BCUT2D eigenvalue weighted by atomic mass is 35.5. The van der Waals surface area contributed by atoms with Crippen LogP contribution in [0.1, 0.15) is 12.0 Å². The molecule has 0 unspecified atom stereocenters. The van der Waals surface area contributed by atoms with E-state index in [0.717, 1.165) is 22.4 Å². The number of carbonyl (C=O) groups is 1. The van der Waals surface area contributed by atoms with Gasteiger partial charge in [-0.05, 0) is 18.6 Å². The Hall–Kier alpha value is -2.96. The third-order valence-corrected chi connectivity index (χ3v) is 5.20. The van der Waals surface area contributed by atoms with Gasteiger partial charge in [-0.15, -0.1) is 11.3 Å². The molecule has 0 bridgehead atoms. The Balaban J connectivity index is 1.37. The van der Waals surface area contributed by atoms with Crippen LogP contribution < -0.4 is 5.32 Å². The van der Waals surface area contributed by atoms with Gasteiger partial charge in [0, 0.05) is 33.5 Å². The van der Waals surface area contributed by atoms with Gasteiger partial charge in [0.1, 0.15) is 0 Å². The quantitative estimate of drug-likeness (QED) is 0.444. The highest BCUT2D eigenvalue weighted by Gasteiger charge is 2.13. The lowest BCUT2D eigenvalue weighted by Crippen LogP contribution is -2.12. The number of thiazole rings is 1. The van der Waals surface area contributed by atoms with E-state index < -0.39 is 0 Å². The van der Waals surface area contributed by atoms with Gasteiger partial charge in [-0.25, -0.2) is 4.98 Å². The Morgan fingerprint density at radius 3 is 2.64 bits per heavy atom. The average molecular weight is 410 g/mol. The summed E-state index contributed by atoms with van der Waals surface area (Å²) in [5.74, 6) is 0.602. The van der Waals surface area contributed by atoms with Gasteiger partial charge in [0.05, 0.1) is 11.9 Å². The zero-order valence-corrected chi connectivity index (χ0v) is 16.3. The Morgan fingerprint density at radius 1 is 1.07 bits per heavy atom. The van der Waals surface area contributed by atoms with Gasteiger partial charge in [-0.2, -0.15) is 0 Å². The zero-order valence-electron chi connectivity index (χ0n) is 14.8. The van der Waals surface area contributed by atoms with E-state index in [9.17, 15) is 4.79 Å². The van der Waals surface area contributed by atoms with Crippen LogP contribution in [0.2, 0.25) is 5.02 Å². The van der Waals surface area contributed by atoms with E-state index >= 15 is 0 Å². The molecule has 0 saturated carbocycles. The summed E-state index contributed by atoms with van der Waals surface area (Å²) in [7, 11) is 0. The first-order valence-electron chi connectivity index (χ1n) is 8.69. The summed E-state index contributed by atoms with van der Waals surface area (Å²) in [6.45, 7) is 0. The Morgan fingerprint density at radius 2 is 1.86 bits per heavy atom. The Bertz CT molecular complexity index is 1070. The van der Waals surface area contributed by atoms with Crippen LogP contribution in [0.3, 0.4) is 0 Å². The van der Waals surface area contributed by atoms with Crippen molar-refractivity contribution in [2.75, 3.05) is 5.32 Å². The first kappa shape index (κ1) is 18.4. The van der Waals surface area contributed by atoms with Crippen LogP contribution in [-0.4, -0.2) is 16.0 Å². The molecule has 0 spiro atoms. The van der Waals surface area contributed by atoms with Crippen molar-refractivity contribution in [3.63, 3.8) is 0 Å². The van der Waals surface area contributed by atoms with Crippen LogP contribution in [0.15, 0.2) is 70.7 Å². The first-order chi connectivity index (χ1) is 13.7. The van der Waals surface area contributed by atoms with E-state index in [1.165, 1.54) is 11.3 Å². The SMILES string of the molecule is O=C(CCc1cnoc1-c1ccccc1)Nc1nc(-c2ccc(Cl)cc2)cs1. The van der Waals surface area contributed by atoms with Gasteiger partial charge in [0.15, 0.2) is 10.9 Å². The molecule has 2 aromatic carbocycles. The zero-order chi connectivity index (χ0) is 19.3. The molecule has 0 aliphatic heterocycles. The molecule has 7 heteroatoms. The highest BCUT2D eigenvalue weighted by Crippen LogP contribution is 2.27. The molecule has 0 radical (unpaired) electrons. The van der Waals surface area contributed by atoms with Crippen LogP contribution in [0.5, 0.6) is 0 Å².